The van der Waals surface area contributed by atoms with Crippen LogP contribution in [0.5, 0.6) is 0 Å². The molecular weight excluding hydrogens is 226 g/mol. The van der Waals surface area contributed by atoms with E-state index in [-0.39, 0.29) is 5.91 Å². The summed E-state index contributed by atoms with van der Waals surface area (Å²) in [7, 11) is 0. The average Bonchev–Trinajstić information content (AvgIpc) is 2.84. The third-order valence-electron chi connectivity index (χ3n) is 4.21. The van der Waals surface area contributed by atoms with Crippen LogP contribution in [0.25, 0.3) is 0 Å². The van der Waals surface area contributed by atoms with Crippen molar-refractivity contribution in [2.75, 3.05) is 0 Å². The summed E-state index contributed by atoms with van der Waals surface area (Å²) in [6, 6.07) is 0.363. The summed E-state index contributed by atoms with van der Waals surface area (Å²) in [4.78, 5) is 12.3. The van der Waals surface area contributed by atoms with Gasteiger partial charge in [-0.2, -0.15) is 5.10 Å². The molecule has 1 aromatic heterocycles. The molecule has 0 unspecified atom stereocenters. The van der Waals surface area contributed by atoms with Crippen molar-refractivity contribution in [1.82, 2.24) is 15.5 Å². The molecule has 1 aromatic rings. The normalized spacial score (nSPS) is 20.4. The summed E-state index contributed by atoms with van der Waals surface area (Å²) in [5.74, 6) is 0.0290. The molecule has 2 aliphatic rings. The van der Waals surface area contributed by atoms with Gasteiger partial charge in [-0.3, -0.25) is 9.89 Å². The van der Waals surface area contributed by atoms with Crippen molar-refractivity contribution in [2.24, 2.45) is 0 Å². The fraction of sp³-hybridized carbons (Fsp3) is 0.714. The zero-order valence-electron chi connectivity index (χ0n) is 10.8. The molecule has 0 spiro atoms. The summed E-state index contributed by atoms with van der Waals surface area (Å²) in [6.07, 6.45) is 10.5. The van der Waals surface area contributed by atoms with E-state index in [9.17, 15) is 4.79 Å². The van der Waals surface area contributed by atoms with E-state index in [1.165, 1.54) is 37.8 Å². The maximum Gasteiger partial charge on any atom is 0.272 e. The molecule has 0 aliphatic heterocycles. The average molecular weight is 247 g/mol. The molecule has 4 nitrogen and oxygen atoms in total. The summed E-state index contributed by atoms with van der Waals surface area (Å²) >= 11 is 0. The van der Waals surface area contributed by atoms with Crippen molar-refractivity contribution in [3.05, 3.63) is 17.0 Å². The van der Waals surface area contributed by atoms with Crippen LogP contribution in [-0.4, -0.2) is 22.1 Å². The molecule has 0 aromatic carbocycles. The predicted octanol–water partition coefficient (Wildman–Crippen LogP) is 2.35. The highest BCUT2D eigenvalue weighted by Crippen LogP contribution is 2.23. The first-order chi connectivity index (χ1) is 8.84. The molecular formula is C14H21N3O. The molecule has 2 N–H and O–H groups in total. The molecule has 1 amide bonds. The number of carbonyl (C=O) groups is 1. The lowest BCUT2D eigenvalue weighted by Gasteiger charge is -2.22. The topological polar surface area (TPSA) is 57.8 Å². The van der Waals surface area contributed by atoms with Crippen LogP contribution in [0.2, 0.25) is 0 Å². The number of hydrogen-bond donors (Lipinski definition) is 2. The van der Waals surface area contributed by atoms with Crippen LogP contribution in [0.3, 0.4) is 0 Å². The fourth-order valence-corrected chi connectivity index (χ4v) is 3.17. The lowest BCUT2D eigenvalue weighted by atomic mass is 9.94. The van der Waals surface area contributed by atoms with Crippen LogP contribution in [0.15, 0.2) is 0 Å². The summed E-state index contributed by atoms with van der Waals surface area (Å²) in [6.45, 7) is 0. The Morgan fingerprint density at radius 1 is 1.11 bits per heavy atom. The summed E-state index contributed by atoms with van der Waals surface area (Å²) in [5.41, 5.74) is 2.99. The van der Waals surface area contributed by atoms with Crippen LogP contribution >= 0.6 is 0 Å². The number of rotatable bonds is 2. The van der Waals surface area contributed by atoms with E-state index in [2.05, 4.69) is 15.5 Å². The van der Waals surface area contributed by atoms with Crippen molar-refractivity contribution in [1.29, 1.82) is 0 Å². The molecule has 1 heterocycles. The predicted molar refractivity (Wildman–Crippen MR) is 69.6 cm³/mol. The second-order valence-corrected chi connectivity index (χ2v) is 5.54. The Balaban J connectivity index is 1.70. The van der Waals surface area contributed by atoms with Crippen molar-refractivity contribution in [3.8, 4) is 0 Å². The van der Waals surface area contributed by atoms with Crippen molar-refractivity contribution in [2.45, 2.75) is 63.8 Å². The molecule has 0 atom stereocenters. The van der Waals surface area contributed by atoms with Crippen molar-refractivity contribution < 1.29 is 4.79 Å². The molecule has 1 fully saturated rings. The van der Waals surface area contributed by atoms with Crippen LogP contribution in [0.1, 0.15) is 66.7 Å². The lowest BCUT2D eigenvalue weighted by Crippen LogP contribution is -2.36. The van der Waals surface area contributed by atoms with Gasteiger partial charge in [0.25, 0.3) is 5.91 Å². The molecule has 1 saturated carbocycles. The molecule has 0 bridgehead atoms. The summed E-state index contributed by atoms with van der Waals surface area (Å²) in [5, 5.41) is 10.4. The fourth-order valence-electron chi connectivity index (χ4n) is 3.17. The van der Waals surface area contributed by atoms with Gasteiger partial charge >= 0.3 is 0 Å². The molecule has 0 saturated heterocycles. The minimum atomic E-state index is 0.0290. The third-order valence-corrected chi connectivity index (χ3v) is 4.21. The number of hydrogen-bond acceptors (Lipinski definition) is 2. The Bertz CT molecular complexity index is 432. The Labute approximate surface area is 108 Å². The Morgan fingerprint density at radius 2 is 1.89 bits per heavy atom. The van der Waals surface area contributed by atoms with E-state index in [1.807, 2.05) is 0 Å². The smallest absolute Gasteiger partial charge is 0.272 e. The van der Waals surface area contributed by atoms with Crippen molar-refractivity contribution >= 4 is 5.91 Å². The maximum atomic E-state index is 12.3. The number of nitrogens with one attached hydrogen (secondary N) is 2. The first-order valence-electron chi connectivity index (χ1n) is 7.21. The molecule has 4 heteroatoms. The SMILES string of the molecule is O=C(NC1CCCCC1)c1n[nH]c2c1CCCC2. The van der Waals surface area contributed by atoms with Gasteiger partial charge in [0.05, 0.1) is 0 Å². The van der Waals surface area contributed by atoms with Gasteiger partial charge in [-0.1, -0.05) is 19.3 Å². The van der Waals surface area contributed by atoms with E-state index < -0.39 is 0 Å². The van der Waals surface area contributed by atoms with Crippen LogP contribution in [-0.2, 0) is 12.8 Å². The van der Waals surface area contributed by atoms with Crippen LogP contribution < -0.4 is 5.32 Å². The van der Waals surface area contributed by atoms with E-state index >= 15 is 0 Å². The third kappa shape index (κ3) is 2.28. The molecule has 2 aliphatic carbocycles. The Morgan fingerprint density at radius 3 is 2.72 bits per heavy atom. The highest BCUT2D eigenvalue weighted by molar-refractivity contribution is 5.94. The monoisotopic (exact) mass is 247 g/mol. The number of aromatic nitrogens is 2. The zero-order chi connectivity index (χ0) is 12.4. The first kappa shape index (κ1) is 11.8. The number of amides is 1. The quantitative estimate of drug-likeness (QED) is 0.842. The van der Waals surface area contributed by atoms with Gasteiger partial charge in [-0.05, 0) is 38.5 Å². The van der Waals surface area contributed by atoms with Gasteiger partial charge < -0.3 is 5.32 Å². The van der Waals surface area contributed by atoms with E-state index in [1.54, 1.807) is 0 Å². The Kier molecular flexibility index (Phi) is 3.35. The first-order valence-corrected chi connectivity index (χ1v) is 7.21. The maximum absolute atomic E-state index is 12.3. The van der Waals surface area contributed by atoms with Gasteiger partial charge in [-0.15, -0.1) is 0 Å². The number of H-pyrrole nitrogens is 1. The lowest BCUT2D eigenvalue weighted by molar-refractivity contribution is 0.0921. The highest BCUT2D eigenvalue weighted by atomic mass is 16.2. The van der Waals surface area contributed by atoms with Gasteiger partial charge in [0.1, 0.15) is 0 Å². The molecule has 98 valence electrons. The molecule has 3 rings (SSSR count). The van der Waals surface area contributed by atoms with Gasteiger partial charge in [0.2, 0.25) is 0 Å². The number of fused-ring (bicyclic) bond motifs is 1. The number of nitrogens with zero attached hydrogens (tertiary/aromatic N) is 1. The zero-order valence-corrected chi connectivity index (χ0v) is 10.8. The second-order valence-electron chi connectivity index (χ2n) is 5.54. The standard InChI is InChI=1S/C14H21N3O/c18-14(15-10-6-2-1-3-7-10)13-11-8-4-5-9-12(11)16-17-13/h10H,1-9H2,(H,15,18)(H,16,17). The van der Waals surface area contributed by atoms with Gasteiger partial charge in [0, 0.05) is 17.3 Å². The highest BCUT2D eigenvalue weighted by Gasteiger charge is 2.23. The minimum absolute atomic E-state index is 0.0290. The summed E-state index contributed by atoms with van der Waals surface area (Å²) < 4.78 is 0. The van der Waals surface area contributed by atoms with Crippen LogP contribution in [0, 0.1) is 0 Å². The number of carbonyl (C=O) groups excluding carboxylic acids is 1. The molecule has 0 radical (unpaired) electrons. The van der Waals surface area contributed by atoms with Gasteiger partial charge in [-0.25, -0.2) is 0 Å². The van der Waals surface area contributed by atoms with Crippen LogP contribution in [0.4, 0.5) is 0 Å². The molecule has 18 heavy (non-hydrogen) atoms. The number of aromatic amines is 1. The van der Waals surface area contributed by atoms with E-state index in [0.29, 0.717) is 11.7 Å². The minimum Gasteiger partial charge on any atom is -0.348 e. The number of aryl methyl sites for hydroxylation is 1. The Hall–Kier alpha value is -1.32. The largest absolute Gasteiger partial charge is 0.348 e. The van der Waals surface area contributed by atoms with Crippen molar-refractivity contribution in [3.63, 3.8) is 0 Å². The van der Waals surface area contributed by atoms with E-state index in [4.69, 9.17) is 0 Å². The van der Waals surface area contributed by atoms with Gasteiger partial charge in [0.15, 0.2) is 5.69 Å². The second kappa shape index (κ2) is 5.12. The van der Waals surface area contributed by atoms with E-state index in [0.717, 1.165) is 31.2 Å².